The minimum Gasteiger partial charge on any atom is -0.331 e. The van der Waals surface area contributed by atoms with E-state index in [0.29, 0.717) is 6.04 Å². The zero-order chi connectivity index (χ0) is 14.5. The first kappa shape index (κ1) is 15.6. The van der Waals surface area contributed by atoms with Gasteiger partial charge in [-0.05, 0) is 37.6 Å². The summed E-state index contributed by atoms with van der Waals surface area (Å²) in [5, 5.41) is 3.76. The molecule has 2 unspecified atom stereocenters. The molecule has 1 saturated heterocycles. The second-order valence-corrected chi connectivity index (χ2v) is 6.87. The number of hydrogen-bond donors (Lipinski definition) is 1. The molecule has 0 aromatic heterocycles. The predicted octanol–water partition coefficient (Wildman–Crippen LogP) is 2.55. The molecular weight excluding hydrogens is 250 g/mol. The zero-order valence-electron chi connectivity index (χ0n) is 13.4. The monoisotopic (exact) mass is 281 g/mol. The van der Waals surface area contributed by atoms with Gasteiger partial charge in [0.1, 0.15) is 0 Å². The predicted molar refractivity (Wildman–Crippen MR) is 82.8 cm³/mol. The topological polar surface area (TPSA) is 35.6 Å². The van der Waals surface area contributed by atoms with Gasteiger partial charge in [-0.1, -0.05) is 26.2 Å². The summed E-state index contributed by atoms with van der Waals surface area (Å²) in [6, 6.07) is 0.764. The van der Waals surface area contributed by atoms with Crippen molar-refractivity contribution in [2.75, 3.05) is 33.7 Å². The Morgan fingerprint density at radius 1 is 1.15 bits per heavy atom. The molecule has 1 N–H and O–H groups in total. The van der Waals surface area contributed by atoms with E-state index in [1.165, 1.54) is 32.2 Å². The largest absolute Gasteiger partial charge is 0.331 e. The van der Waals surface area contributed by atoms with E-state index in [9.17, 15) is 4.79 Å². The molecule has 2 aliphatic rings. The Labute approximate surface area is 123 Å². The first-order valence-electron chi connectivity index (χ1n) is 8.27. The molecule has 20 heavy (non-hydrogen) atoms. The Morgan fingerprint density at radius 2 is 1.80 bits per heavy atom. The third-order valence-corrected chi connectivity index (χ3v) is 5.11. The van der Waals surface area contributed by atoms with Crippen molar-refractivity contribution in [2.45, 2.75) is 51.5 Å². The number of piperidine rings is 1. The van der Waals surface area contributed by atoms with Gasteiger partial charge in [0.2, 0.25) is 0 Å². The van der Waals surface area contributed by atoms with Gasteiger partial charge in [0.05, 0.1) is 0 Å². The van der Waals surface area contributed by atoms with E-state index < -0.39 is 0 Å². The number of hydrogen-bond acceptors (Lipinski definition) is 2. The number of amides is 2. The van der Waals surface area contributed by atoms with E-state index in [2.05, 4.69) is 12.2 Å². The van der Waals surface area contributed by atoms with Crippen LogP contribution in [0.15, 0.2) is 0 Å². The summed E-state index contributed by atoms with van der Waals surface area (Å²) in [5.41, 5.74) is 0. The van der Waals surface area contributed by atoms with Crippen molar-refractivity contribution in [1.29, 1.82) is 0 Å². The second kappa shape index (κ2) is 7.30. The number of likely N-dealkylation sites (tertiary alicyclic amines) is 1. The van der Waals surface area contributed by atoms with Crippen LogP contribution in [0.1, 0.15) is 45.4 Å². The van der Waals surface area contributed by atoms with E-state index >= 15 is 0 Å². The number of carbonyl (C=O) groups excluding carboxylic acids is 1. The Balaban J connectivity index is 1.68. The van der Waals surface area contributed by atoms with E-state index in [-0.39, 0.29) is 6.03 Å². The van der Waals surface area contributed by atoms with Crippen molar-refractivity contribution < 1.29 is 4.79 Å². The van der Waals surface area contributed by atoms with Crippen molar-refractivity contribution in [1.82, 2.24) is 15.1 Å². The Hall–Kier alpha value is -0.770. The molecule has 2 rings (SSSR count). The molecule has 4 nitrogen and oxygen atoms in total. The van der Waals surface area contributed by atoms with Crippen LogP contribution >= 0.6 is 0 Å². The summed E-state index contributed by atoms with van der Waals surface area (Å²) >= 11 is 0. The molecular formula is C16H31N3O. The van der Waals surface area contributed by atoms with Gasteiger partial charge >= 0.3 is 6.03 Å². The van der Waals surface area contributed by atoms with Gasteiger partial charge in [-0.25, -0.2) is 4.79 Å². The maximum atomic E-state index is 11.9. The van der Waals surface area contributed by atoms with Crippen molar-refractivity contribution in [3.8, 4) is 0 Å². The van der Waals surface area contributed by atoms with Gasteiger partial charge in [-0.3, -0.25) is 0 Å². The summed E-state index contributed by atoms with van der Waals surface area (Å²) in [7, 11) is 3.66. The minimum absolute atomic E-state index is 0.157. The Kier molecular flexibility index (Phi) is 5.70. The summed E-state index contributed by atoms with van der Waals surface area (Å²) in [6.07, 6.45) is 7.82. The van der Waals surface area contributed by atoms with Crippen LogP contribution in [0.4, 0.5) is 4.79 Å². The number of carbonyl (C=O) groups is 1. The molecule has 1 aliphatic carbocycles. The number of nitrogens with zero attached hydrogens (tertiary/aromatic N) is 2. The van der Waals surface area contributed by atoms with Crippen LogP contribution in [0.25, 0.3) is 0 Å². The fourth-order valence-electron chi connectivity index (χ4n) is 3.57. The van der Waals surface area contributed by atoms with Crippen molar-refractivity contribution >= 4 is 6.03 Å². The standard InChI is InChI=1S/C16H31N3O/c1-13-6-4-5-7-14(13)12-17-15-8-10-19(11-9-15)16(20)18(2)3/h13-15,17H,4-12H2,1-3H3. The molecule has 4 heteroatoms. The molecule has 2 atom stereocenters. The number of rotatable bonds is 3. The van der Waals surface area contributed by atoms with Gasteiger partial charge in [-0.2, -0.15) is 0 Å². The maximum absolute atomic E-state index is 11.9. The molecule has 0 radical (unpaired) electrons. The van der Waals surface area contributed by atoms with E-state index in [4.69, 9.17) is 0 Å². The highest BCUT2D eigenvalue weighted by Gasteiger charge is 2.25. The van der Waals surface area contributed by atoms with E-state index in [1.807, 2.05) is 19.0 Å². The average Bonchev–Trinajstić information content (AvgIpc) is 2.46. The maximum Gasteiger partial charge on any atom is 0.319 e. The molecule has 2 fully saturated rings. The molecule has 2 amide bonds. The molecule has 0 bridgehead atoms. The summed E-state index contributed by atoms with van der Waals surface area (Å²) in [6.45, 7) is 5.38. The quantitative estimate of drug-likeness (QED) is 0.863. The zero-order valence-corrected chi connectivity index (χ0v) is 13.4. The lowest BCUT2D eigenvalue weighted by molar-refractivity contribution is 0.149. The highest BCUT2D eigenvalue weighted by Crippen LogP contribution is 2.29. The first-order valence-corrected chi connectivity index (χ1v) is 8.27. The lowest BCUT2D eigenvalue weighted by Crippen LogP contribution is -2.49. The number of urea groups is 1. The Morgan fingerprint density at radius 3 is 2.40 bits per heavy atom. The van der Waals surface area contributed by atoms with E-state index in [1.54, 1.807) is 4.90 Å². The van der Waals surface area contributed by atoms with Crippen LogP contribution in [0.5, 0.6) is 0 Å². The minimum atomic E-state index is 0.157. The van der Waals surface area contributed by atoms with Gasteiger partial charge in [0.15, 0.2) is 0 Å². The molecule has 1 saturated carbocycles. The van der Waals surface area contributed by atoms with Crippen LogP contribution in [-0.2, 0) is 0 Å². The van der Waals surface area contributed by atoms with Crippen LogP contribution in [0.2, 0.25) is 0 Å². The summed E-state index contributed by atoms with van der Waals surface area (Å²) in [4.78, 5) is 15.5. The Bertz CT molecular complexity index is 311. The molecule has 0 aromatic carbocycles. The van der Waals surface area contributed by atoms with E-state index in [0.717, 1.165) is 37.8 Å². The lowest BCUT2D eigenvalue weighted by atomic mass is 9.80. The third kappa shape index (κ3) is 4.11. The normalized spacial score (nSPS) is 28.4. The molecule has 0 aromatic rings. The highest BCUT2D eigenvalue weighted by atomic mass is 16.2. The molecule has 1 aliphatic heterocycles. The summed E-state index contributed by atoms with van der Waals surface area (Å²) in [5.74, 6) is 1.75. The van der Waals surface area contributed by atoms with Crippen molar-refractivity contribution in [2.24, 2.45) is 11.8 Å². The highest BCUT2D eigenvalue weighted by molar-refractivity contribution is 5.73. The van der Waals surface area contributed by atoms with Gasteiger partial charge < -0.3 is 15.1 Å². The molecule has 0 spiro atoms. The SMILES string of the molecule is CC1CCCCC1CNC1CCN(C(=O)N(C)C)CC1. The average molecular weight is 281 g/mol. The fraction of sp³-hybridized carbons (Fsp3) is 0.938. The molecule has 116 valence electrons. The van der Waals surface area contributed by atoms with Crippen LogP contribution < -0.4 is 5.32 Å². The van der Waals surface area contributed by atoms with Gasteiger partial charge in [0, 0.05) is 33.2 Å². The molecule has 1 heterocycles. The third-order valence-electron chi connectivity index (χ3n) is 5.11. The van der Waals surface area contributed by atoms with Crippen molar-refractivity contribution in [3.05, 3.63) is 0 Å². The van der Waals surface area contributed by atoms with Crippen LogP contribution in [0.3, 0.4) is 0 Å². The van der Waals surface area contributed by atoms with Gasteiger partial charge in [-0.15, -0.1) is 0 Å². The second-order valence-electron chi connectivity index (χ2n) is 6.87. The van der Waals surface area contributed by atoms with Crippen molar-refractivity contribution in [3.63, 3.8) is 0 Å². The van der Waals surface area contributed by atoms with Gasteiger partial charge in [0.25, 0.3) is 0 Å². The van der Waals surface area contributed by atoms with Crippen LogP contribution in [-0.4, -0.2) is 55.6 Å². The fourth-order valence-corrected chi connectivity index (χ4v) is 3.57. The first-order chi connectivity index (χ1) is 9.58. The lowest BCUT2D eigenvalue weighted by Gasteiger charge is -2.36. The smallest absolute Gasteiger partial charge is 0.319 e. The summed E-state index contributed by atoms with van der Waals surface area (Å²) < 4.78 is 0. The number of nitrogens with one attached hydrogen (secondary N) is 1. The van der Waals surface area contributed by atoms with Crippen LogP contribution in [0, 0.1) is 11.8 Å².